The SMILES string of the molecule is Cc1ncc(Cl)cc1C(=O)NC1CCC(Cn2c(=O)n(-c3ccc(C=O)nc3)c3ccccc32)CC1. The fourth-order valence-corrected chi connectivity index (χ4v) is 5.14. The number of halogens is 1. The van der Waals surface area contributed by atoms with E-state index in [1.54, 1.807) is 35.9 Å². The molecule has 0 saturated heterocycles. The summed E-state index contributed by atoms with van der Waals surface area (Å²) < 4.78 is 3.47. The largest absolute Gasteiger partial charge is 0.349 e. The van der Waals surface area contributed by atoms with E-state index in [0.717, 1.165) is 36.7 Å². The Bertz CT molecular complexity index is 1480. The monoisotopic (exact) mass is 503 g/mol. The first-order chi connectivity index (χ1) is 17.4. The molecule has 0 aliphatic heterocycles. The van der Waals surface area contributed by atoms with E-state index in [-0.39, 0.29) is 17.6 Å². The van der Waals surface area contributed by atoms with Crippen LogP contribution in [0.15, 0.2) is 59.7 Å². The van der Waals surface area contributed by atoms with Crippen LogP contribution in [-0.4, -0.2) is 37.3 Å². The molecule has 1 aromatic carbocycles. The van der Waals surface area contributed by atoms with Crippen molar-refractivity contribution in [3.8, 4) is 5.69 Å². The van der Waals surface area contributed by atoms with Crippen LogP contribution in [0.25, 0.3) is 16.7 Å². The molecule has 8 nitrogen and oxygen atoms in total. The van der Waals surface area contributed by atoms with Crippen molar-refractivity contribution in [1.82, 2.24) is 24.4 Å². The number of nitrogens with zero attached hydrogens (tertiary/aromatic N) is 4. The van der Waals surface area contributed by atoms with Gasteiger partial charge in [0.05, 0.1) is 39.2 Å². The second-order valence-electron chi connectivity index (χ2n) is 9.25. The molecule has 1 aliphatic carbocycles. The lowest BCUT2D eigenvalue weighted by Gasteiger charge is -2.29. The minimum absolute atomic E-state index is 0.0765. The maximum absolute atomic E-state index is 13.5. The summed E-state index contributed by atoms with van der Waals surface area (Å²) >= 11 is 6.02. The first kappa shape index (κ1) is 23.9. The Labute approximate surface area is 212 Å². The van der Waals surface area contributed by atoms with Crippen LogP contribution >= 0.6 is 11.6 Å². The van der Waals surface area contributed by atoms with Gasteiger partial charge in [-0.3, -0.25) is 28.7 Å². The smallest absolute Gasteiger partial charge is 0.333 e. The molecule has 5 rings (SSSR count). The molecule has 3 heterocycles. The van der Waals surface area contributed by atoms with Gasteiger partial charge >= 0.3 is 5.69 Å². The average Bonchev–Trinajstić information content (AvgIpc) is 3.17. The first-order valence-corrected chi connectivity index (χ1v) is 12.4. The number of fused-ring (bicyclic) bond motifs is 1. The van der Waals surface area contributed by atoms with E-state index in [4.69, 9.17) is 11.6 Å². The standard InChI is InChI=1S/C27H26ClN5O3/c1-17-23(12-19(28)13-29-17)26(35)31-20-8-6-18(7-9-20)15-32-24-4-2-3-5-25(24)33(27(32)36)22-11-10-21(16-34)30-14-22/h2-5,10-14,16,18,20H,6-9,15H2,1H3,(H,31,35). The lowest BCUT2D eigenvalue weighted by molar-refractivity contribution is 0.0919. The zero-order valence-electron chi connectivity index (χ0n) is 19.9. The molecule has 0 radical (unpaired) electrons. The molecule has 0 bridgehead atoms. The Hall–Kier alpha value is -3.78. The number of benzene rings is 1. The van der Waals surface area contributed by atoms with Crippen molar-refractivity contribution >= 4 is 34.8 Å². The third-order valence-corrected chi connectivity index (χ3v) is 7.11. The predicted octanol–water partition coefficient (Wildman–Crippen LogP) is 4.35. The van der Waals surface area contributed by atoms with E-state index in [1.165, 1.54) is 6.20 Å². The van der Waals surface area contributed by atoms with E-state index in [0.29, 0.717) is 46.4 Å². The number of pyridine rings is 2. The molecule has 0 atom stereocenters. The molecule has 1 N–H and O–H groups in total. The third kappa shape index (κ3) is 4.68. The summed E-state index contributed by atoms with van der Waals surface area (Å²) in [5.41, 5.74) is 3.63. The van der Waals surface area contributed by atoms with Gasteiger partial charge in [-0.25, -0.2) is 4.79 Å². The molecule has 1 saturated carbocycles. The summed E-state index contributed by atoms with van der Waals surface area (Å²) in [6.45, 7) is 2.40. The molecular formula is C27H26ClN5O3. The number of hydrogen-bond acceptors (Lipinski definition) is 5. The highest BCUT2D eigenvalue weighted by Gasteiger charge is 2.25. The van der Waals surface area contributed by atoms with Gasteiger partial charge in [0.15, 0.2) is 6.29 Å². The number of imidazole rings is 1. The summed E-state index contributed by atoms with van der Waals surface area (Å²) in [5, 5.41) is 3.56. The summed E-state index contributed by atoms with van der Waals surface area (Å²) in [7, 11) is 0. The summed E-state index contributed by atoms with van der Waals surface area (Å²) in [6, 6.07) is 12.8. The molecule has 1 amide bonds. The topological polar surface area (TPSA) is 98.9 Å². The summed E-state index contributed by atoms with van der Waals surface area (Å²) in [4.78, 5) is 45.5. The van der Waals surface area contributed by atoms with E-state index in [1.807, 2.05) is 28.8 Å². The average molecular weight is 504 g/mol. The van der Waals surface area contributed by atoms with Crippen LogP contribution in [0.4, 0.5) is 0 Å². The minimum atomic E-state index is -0.153. The van der Waals surface area contributed by atoms with Crippen LogP contribution in [-0.2, 0) is 6.54 Å². The number of nitrogens with one attached hydrogen (secondary N) is 1. The zero-order valence-corrected chi connectivity index (χ0v) is 20.6. The molecule has 9 heteroatoms. The van der Waals surface area contributed by atoms with Crippen LogP contribution in [0, 0.1) is 12.8 Å². The lowest BCUT2D eigenvalue weighted by Crippen LogP contribution is -2.39. The van der Waals surface area contributed by atoms with Crippen LogP contribution in [0.1, 0.15) is 52.2 Å². The molecule has 0 unspecified atom stereocenters. The third-order valence-electron chi connectivity index (χ3n) is 6.91. The molecule has 36 heavy (non-hydrogen) atoms. The Kier molecular flexibility index (Phi) is 6.69. The first-order valence-electron chi connectivity index (χ1n) is 12.0. The molecule has 4 aromatic rings. The van der Waals surface area contributed by atoms with Crippen molar-refractivity contribution in [3.63, 3.8) is 0 Å². The molecule has 1 aliphatic rings. The van der Waals surface area contributed by atoms with Crippen LogP contribution in [0.5, 0.6) is 0 Å². The Balaban J connectivity index is 1.31. The van der Waals surface area contributed by atoms with Gasteiger partial charge in [-0.1, -0.05) is 23.7 Å². The van der Waals surface area contributed by atoms with Gasteiger partial charge in [-0.05, 0) is 68.9 Å². The van der Waals surface area contributed by atoms with Crippen molar-refractivity contribution in [1.29, 1.82) is 0 Å². The quantitative estimate of drug-likeness (QED) is 0.394. The highest BCUT2D eigenvalue weighted by molar-refractivity contribution is 6.30. The second kappa shape index (κ2) is 10.1. The number of aryl methyl sites for hydroxylation is 1. The van der Waals surface area contributed by atoms with E-state index in [2.05, 4.69) is 15.3 Å². The molecule has 1 fully saturated rings. The number of rotatable bonds is 6. The Morgan fingerprint density at radius 1 is 1.08 bits per heavy atom. The number of carbonyl (C=O) groups is 2. The van der Waals surface area contributed by atoms with Crippen molar-refractivity contribution in [2.45, 2.75) is 45.2 Å². The minimum Gasteiger partial charge on any atom is -0.349 e. The predicted molar refractivity (Wildman–Crippen MR) is 138 cm³/mol. The van der Waals surface area contributed by atoms with Gasteiger partial charge in [0.1, 0.15) is 5.69 Å². The normalized spacial score (nSPS) is 17.7. The fraction of sp³-hybridized carbons (Fsp3) is 0.296. The summed E-state index contributed by atoms with van der Waals surface area (Å²) in [5.74, 6) is 0.166. The molecule has 184 valence electrons. The molecule has 3 aromatic heterocycles. The van der Waals surface area contributed by atoms with Crippen LogP contribution < -0.4 is 11.0 Å². The van der Waals surface area contributed by atoms with E-state index >= 15 is 0 Å². The maximum atomic E-state index is 13.5. The number of para-hydroxylation sites is 2. The van der Waals surface area contributed by atoms with Gasteiger partial charge in [-0.15, -0.1) is 0 Å². The van der Waals surface area contributed by atoms with Gasteiger partial charge in [0, 0.05) is 18.8 Å². The van der Waals surface area contributed by atoms with Crippen molar-refractivity contribution < 1.29 is 9.59 Å². The van der Waals surface area contributed by atoms with Gasteiger partial charge < -0.3 is 5.32 Å². The number of aromatic nitrogens is 4. The second-order valence-corrected chi connectivity index (χ2v) is 9.69. The number of carbonyl (C=O) groups excluding carboxylic acids is 2. The fourth-order valence-electron chi connectivity index (χ4n) is 4.98. The highest BCUT2D eigenvalue weighted by Crippen LogP contribution is 2.28. The lowest BCUT2D eigenvalue weighted by atomic mass is 9.85. The van der Waals surface area contributed by atoms with Crippen molar-refractivity contribution in [3.05, 3.63) is 87.3 Å². The maximum Gasteiger partial charge on any atom is 0.333 e. The van der Waals surface area contributed by atoms with Gasteiger partial charge in [0.25, 0.3) is 5.91 Å². The van der Waals surface area contributed by atoms with Gasteiger partial charge in [0.2, 0.25) is 0 Å². The van der Waals surface area contributed by atoms with Crippen LogP contribution in [0.3, 0.4) is 0 Å². The Morgan fingerprint density at radius 3 is 2.53 bits per heavy atom. The zero-order chi connectivity index (χ0) is 25.2. The Morgan fingerprint density at radius 2 is 1.83 bits per heavy atom. The number of aldehydes is 1. The van der Waals surface area contributed by atoms with Crippen molar-refractivity contribution in [2.75, 3.05) is 0 Å². The van der Waals surface area contributed by atoms with Gasteiger partial charge in [-0.2, -0.15) is 0 Å². The number of hydrogen-bond donors (Lipinski definition) is 1. The number of amides is 1. The molecule has 0 spiro atoms. The highest BCUT2D eigenvalue weighted by atomic mass is 35.5. The molecular weight excluding hydrogens is 478 g/mol. The van der Waals surface area contributed by atoms with Crippen molar-refractivity contribution in [2.24, 2.45) is 5.92 Å². The van der Waals surface area contributed by atoms with E-state index in [9.17, 15) is 14.4 Å². The van der Waals surface area contributed by atoms with Crippen LogP contribution in [0.2, 0.25) is 5.02 Å². The summed E-state index contributed by atoms with van der Waals surface area (Å²) in [6.07, 6.45) is 7.25. The van der Waals surface area contributed by atoms with E-state index < -0.39 is 0 Å².